The van der Waals surface area contributed by atoms with Gasteiger partial charge in [0, 0.05) is 26.6 Å². The highest BCUT2D eigenvalue weighted by Gasteiger charge is 2.03. The lowest BCUT2D eigenvalue weighted by molar-refractivity contribution is 0.147. The zero-order chi connectivity index (χ0) is 12.1. The number of hydrogen-bond donors (Lipinski definition) is 0. The molecule has 0 saturated heterocycles. The first-order valence-electron chi connectivity index (χ1n) is 6.43. The molecule has 0 heterocycles. The van der Waals surface area contributed by atoms with Crippen LogP contribution in [0.3, 0.4) is 0 Å². The zero-order valence-corrected chi connectivity index (χ0v) is 10.9. The maximum absolute atomic E-state index is 8.57. The van der Waals surface area contributed by atoms with Gasteiger partial charge in [-0.25, -0.2) is 0 Å². The summed E-state index contributed by atoms with van der Waals surface area (Å²) in [6.07, 6.45) is 7.16. The molecule has 0 aliphatic carbocycles. The Balaban J connectivity index is 3.53. The zero-order valence-electron chi connectivity index (χ0n) is 10.9. The molecule has 0 aliphatic heterocycles. The number of rotatable bonds is 11. The van der Waals surface area contributed by atoms with E-state index >= 15 is 0 Å². The Labute approximate surface area is 100 Å². The van der Waals surface area contributed by atoms with Crippen LogP contribution in [0, 0.1) is 11.3 Å². The van der Waals surface area contributed by atoms with Crippen molar-refractivity contribution in [2.45, 2.75) is 45.4 Å². The van der Waals surface area contributed by atoms with Gasteiger partial charge in [0.2, 0.25) is 0 Å². The van der Waals surface area contributed by atoms with E-state index in [2.05, 4.69) is 17.9 Å². The summed E-state index contributed by atoms with van der Waals surface area (Å²) in [6.45, 7) is 5.94. The fraction of sp³-hybridized carbons (Fsp3) is 0.923. The largest absolute Gasteiger partial charge is 0.383 e. The second-order valence-corrected chi connectivity index (χ2v) is 4.16. The lowest BCUT2D eigenvalue weighted by atomic mass is 10.1. The van der Waals surface area contributed by atoms with Gasteiger partial charge in [0.05, 0.1) is 12.7 Å². The second-order valence-electron chi connectivity index (χ2n) is 4.16. The summed E-state index contributed by atoms with van der Waals surface area (Å²) in [7, 11) is 1.73. The molecule has 0 aromatic carbocycles. The Hall–Kier alpha value is -0.590. The molecule has 0 aromatic rings. The molecule has 0 aromatic heterocycles. The van der Waals surface area contributed by atoms with Crippen molar-refractivity contribution in [1.29, 1.82) is 5.26 Å². The van der Waals surface area contributed by atoms with E-state index in [1.807, 2.05) is 0 Å². The third-order valence-corrected chi connectivity index (χ3v) is 2.73. The Bertz CT molecular complexity index is 177. The van der Waals surface area contributed by atoms with Crippen molar-refractivity contribution in [1.82, 2.24) is 4.90 Å². The van der Waals surface area contributed by atoms with Crippen LogP contribution in [-0.2, 0) is 4.74 Å². The van der Waals surface area contributed by atoms with Crippen molar-refractivity contribution in [2.24, 2.45) is 0 Å². The molecule has 0 N–H and O–H groups in total. The van der Waals surface area contributed by atoms with E-state index < -0.39 is 0 Å². The van der Waals surface area contributed by atoms with Crippen LogP contribution in [0.5, 0.6) is 0 Å². The van der Waals surface area contributed by atoms with Crippen molar-refractivity contribution in [3.05, 3.63) is 0 Å². The average Bonchev–Trinajstić information content (AvgIpc) is 2.31. The minimum absolute atomic E-state index is 0.624. The van der Waals surface area contributed by atoms with Crippen LogP contribution < -0.4 is 0 Å². The molecule has 0 atom stereocenters. The van der Waals surface area contributed by atoms with Crippen LogP contribution in [0.2, 0.25) is 0 Å². The van der Waals surface area contributed by atoms with Gasteiger partial charge in [-0.15, -0.1) is 0 Å². The second kappa shape index (κ2) is 12.5. The summed E-state index contributed by atoms with van der Waals surface area (Å²) in [4.78, 5) is 2.33. The molecule has 0 aliphatic rings. The third kappa shape index (κ3) is 9.95. The fourth-order valence-electron chi connectivity index (χ4n) is 1.70. The number of hydrogen-bond acceptors (Lipinski definition) is 3. The number of methoxy groups -OCH3 is 1. The number of nitrogens with zero attached hydrogens (tertiary/aromatic N) is 2. The van der Waals surface area contributed by atoms with Crippen molar-refractivity contribution in [3.8, 4) is 6.07 Å². The summed E-state index contributed by atoms with van der Waals surface area (Å²) in [5, 5.41) is 8.57. The summed E-state index contributed by atoms with van der Waals surface area (Å²) in [5.41, 5.74) is 0. The lowest BCUT2D eigenvalue weighted by Crippen LogP contribution is -2.29. The normalized spacial score (nSPS) is 10.6. The van der Waals surface area contributed by atoms with E-state index in [1.54, 1.807) is 7.11 Å². The molecule has 0 saturated carbocycles. The molecular weight excluding hydrogens is 200 g/mol. The smallest absolute Gasteiger partial charge is 0.0635 e. The fourth-order valence-corrected chi connectivity index (χ4v) is 1.70. The van der Waals surface area contributed by atoms with Gasteiger partial charge in [-0.2, -0.15) is 5.26 Å². The van der Waals surface area contributed by atoms with E-state index in [0.717, 1.165) is 26.2 Å². The number of nitriles is 1. The summed E-state index contributed by atoms with van der Waals surface area (Å²) < 4.78 is 5.07. The van der Waals surface area contributed by atoms with E-state index in [4.69, 9.17) is 10.00 Å². The topological polar surface area (TPSA) is 36.3 Å². The molecule has 0 bridgehead atoms. The molecule has 0 amide bonds. The van der Waals surface area contributed by atoms with E-state index in [0.29, 0.717) is 6.42 Å². The molecule has 0 fully saturated rings. The maximum Gasteiger partial charge on any atom is 0.0635 e. The highest BCUT2D eigenvalue weighted by Crippen LogP contribution is 2.04. The van der Waals surface area contributed by atoms with Crippen LogP contribution in [0.25, 0.3) is 0 Å². The van der Waals surface area contributed by atoms with Gasteiger partial charge in [-0.3, -0.25) is 0 Å². The van der Waals surface area contributed by atoms with E-state index in [1.165, 1.54) is 32.1 Å². The molecule has 0 unspecified atom stereocenters. The van der Waals surface area contributed by atoms with Gasteiger partial charge in [0.25, 0.3) is 0 Å². The molecule has 94 valence electrons. The van der Waals surface area contributed by atoms with Crippen molar-refractivity contribution < 1.29 is 4.74 Å². The molecule has 0 rings (SSSR count). The standard InChI is InChI=1S/C13H26N2O/c1-3-4-5-6-7-10-15(11-8-9-14)12-13-16-2/h3-8,10-13H2,1-2H3. The molecule has 16 heavy (non-hydrogen) atoms. The van der Waals surface area contributed by atoms with Gasteiger partial charge in [0.1, 0.15) is 0 Å². The highest BCUT2D eigenvalue weighted by molar-refractivity contribution is 4.72. The predicted octanol–water partition coefficient (Wildman–Crippen LogP) is 2.82. The van der Waals surface area contributed by atoms with Crippen LogP contribution in [-0.4, -0.2) is 38.3 Å². The Morgan fingerprint density at radius 3 is 2.44 bits per heavy atom. The summed E-state index contributed by atoms with van der Waals surface area (Å²) in [6, 6.07) is 2.20. The Morgan fingerprint density at radius 1 is 1.06 bits per heavy atom. The first-order valence-corrected chi connectivity index (χ1v) is 6.43. The molecule has 3 nitrogen and oxygen atoms in total. The van der Waals surface area contributed by atoms with E-state index in [-0.39, 0.29) is 0 Å². The first kappa shape index (κ1) is 15.4. The Morgan fingerprint density at radius 2 is 1.81 bits per heavy atom. The predicted molar refractivity (Wildman–Crippen MR) is 67.3 cm³/mol. The van der Waals surface area contributed by atoms with Crippen LogP contribution in [0.15, 0.2) is 0 Å². The molecular formula is C13H26N2O. The Kier molecular flexibility index (Phi) is 12.0. The van der Waals surface area contributed by atoms with Crippen LogP contribution >= 0.6 is 0 Å². The SMILES string of the molecule is CCCCCCCN(CCC#N)CCOC. The van der Waals surface area contributed by atoms with Crippen molar-refractivity contribution in [3.63, 3.8) is 0 Å². The first-order chi connectivity index (χ1) is 7.85. The van der Waals surface area contributed by atoms with Crippen LogP contribution in [0.4, 0.5) is 0 Å². The summed E-state index contributed by atoms with van der Waals surface area (Å²) in [5.74, 6) is 0. The van der Waals surface area contributed by atoms with Gasteiger partial charge in [0.15, 0.2) is 0 Å². The number of ether oxygens (including phenoxy) is 1. The highest BCUT2D eigenvalue weighted by atomic mass is 16.5. The monoisotopic (exact) mass is 226 g/mol. The quantitative estimate of drug-likeness (QED) is 0.508. The average molecular weight is 226 g/mol. The molecule has 3 heteroatoms. The summed E-state index contributed by atoms with van der Waals surface area (Å²) >= 11 is 0. The minimum Gasteiger partial charge on any atom is -0.383 e. The maximum atomic E-state index is 8.57. The van der Waals surface area contributed by atoms with Crippen LogP contribution in [0.1, 0.15) is 45.4 Å². The van der Waals surface area contributed by atoms with Gasteiger partial charge >= 0.3 is 0 Å². The number of unbranched alkanes of at least 4 members (excludes halogenated alkanes) is 4. The molecule has 0 spiro atoms. The molecule has 0 radical (unpaired) electrons. The van der Waals surface area contributed by atoms with Crippen molar-refractivity contribution >= 4 is 0 Å². The van der Waals surface area contributed by atoms with Gasteiger partial charge < -0.3 is 9.64 Å². The van der Waals surface area contributed by atoms with Gasteiger partial charge in [-0.05, 0) is 13.0 Å². The third-order valence-electron chi connectivity index (χ3n) is 2.73. The van der Waals surface area contributed by atoms with E-state index in [9.17, 15) is 0 Å². The lowest BCUT2D eigenvalue weighted by Gasteiger charge is -2.20. The minimum atomic E-state index is 0.624. The van der Waals surface area contributed by atoms with Gasteiger partial charge in [-0.1, -0.05) is 32.6 Å². The van der Waals surface area contributed by atoms with Crippen molar-refractivity contribution in [2.75, 3.05) is 33.4 Å².